The molecule has 24 heavy (non-hydrogen) atoms. The van der Waals surface area contributed by atoms with E-state index in [2.05, 4.69) is 15.9 Å². The van der Waals surface area contributed by atoms with Crippen molar-refractivity contribution >= 4 is 15.9 Å². The Labute approximate surface area is 148 Å². The van der Waals surface area contributed by atoms with Gasteiger partial charge in [0, 0.05) is 15.6 Å². The molecule has 3 aromatic rings. The van der Waals surface area contributed by atoms with E-state index < -0.39 is 5.79 Å². The summed E-state index contributed by atoms with van der Waals surface area (Å²) in [6, 6.07) is 23.4. The number of aliphatic hydroxyl groups excluding tert-OH is 1. The normalized spacial score (nSPS) is 14.6. The average molecular weight is 383 g/mol. The maximum Gasteiger partial charge on any atom is 0.305 e. The minimum atomic E-state index is -1.03. The van der Waals surface area contributed by atoms with Crippen LogP contribution in [0.25, 0.3) is 0 Å². The first kappa shape index (κ1) is 15.2. The monoisotopic (exact) mass is 382 g/mol. The van der Waals surface area contributed by atoms with Crippen molar-refractivity contribution in [3.63, 3.8) is 0 Å². The van der Waals surface area contributed by atoms with E-state index in [1.165, 1.54) is 0 Å². The summed E-state index contributed by atoms with van der Waals surface area (Å²) in [6.07, 6.45) is 0. The zero-order chi connectivity index (χ0) is 16.6. The lowest BCUT2D eigenvalue weighted by molar-refractivity contribution is -0.0459. The topological polar surface area (TPSA) is 38.7 Å². The average Bonchev–Trinajstić information content (AvgIpc) is 3.02. The highest BCUT2D eigenvalue weighted by Crippen LogP contribution is 2.49. The molecule has 0 saturated carbocycles. The summed E-state index contributed by atoms with van der Waals surface area (Å²) < 4.78 is 13.4. The van der Waals surface area contributed by atoms with Gasteiger partial charge >= 0.3 is 5.79 Å². The molecule has 1 aliphatic rings. The molecule has 4 rings (SSSR count). The van der Waals surface area contributed by atoms with Gasteiger partial charge in [-0.3, -0.25) is 0 Å². The zero-order valence-corrected chi connectivity index (χ0v) is 14.4. The van der Waals surface area contributed by atoms with Crippen LogP contribution in [0.15, 0.2) is 77.3 Å². The molecular formula is C20H15BrO3. The van der Waals surface area contributed by atoms with E-state index in [1.807, 2.05) is 72.8 Å². The minimum absolute atomic E-state index is 0.0686. The van der Waals surface area contributed by atoms with Crippen molar-refractivity contribution in [1.29, 1.82) is 0 Å². The van der Waals surface area contributed by atoms with E-state index in [-0.39, 0.29) is 6.61 Å². The smallest absolute Gasteiger partial charge is 0.305 e. The molecule has 1 aliphatic heterocycles. The van der Waals surface area contributed by atoms with Crippen molar-refractivity contribution in [2.24, 2.45) is 0 Å². The number of fused-ring (bicyclic) bond motifs is 1. The van der Waals surface area contributed by atoms with Gasteiger partial charge in [-0.2, -0.15) is 0 Å². The number of halogens is 1. The standard InChI is InChI=1S/C20H15BrO3/c21-17-12-19-18(11-14(17)13-22)23-20(24-19,15-7-3-1-4-8-15)16-9-5-2-6-10-16/h1-12,22H,13H2. The van der Waals surface area contributed by atoms with E-state index in [9.17, 15) is 5.11 Å². The molecule has 120 valence electrons. The van der Waals surface area contributed by atoms with E-state index in [0.29, 0.717) is 11.5 Å². The Balaban J connectivity index is 1.88. The molecule has 0 atom stereocenters. The largest absolute Gasteiger partial charge is 0.440 e. The van der Waals surface area contributed by atoms with E-state index in [0.717, 1.165) is 21.2 Å². The van der Waals surface area contributed by atoms with Gasteiger partial charge in [-0.15, -0.1) is 0 Å². The van der Waals surface area contributed by atoms with Gasteiger partial charge < -0.3 is 14.6 Å². The second-order valence-electron chi connectivity index (χ2n) is 5.60. The summed E-state index contributed by atoms with van der Waals surface area (Å²) in [5.74, 6) is 0.236. The fraction of sp³-hybridized carbons (Fsp3) is 0.100. The predicted octanol–water partition coefficient (Wildman–Crippen LogP) is 4.61. The van der Waals surface area contributed by atoms with Crippen LogP contribution in [0, 0.1) is 0 Å². The Morgan fingerprint density at radius 2 is 1.29 bits per heavy atom. The van der Waals surface area contributed by atoms with Crippen LogP contribution in [0.4, 0.5) is 0 Å². The van der Waals surface area contributed by atoms with E-state index in [1.54, 1.807) is 0 Å². The molecule has 0 aromatic heterocycles. The number of hydrogen-bond acceptors (Lipinski definition) is 3. The number of rotatable bonds is 3. The lowest BCUT2D eigenvalue weighted by atomic mass is 9.97. The molecule has 0 amide bonds. The zero-order valence-electron chi connectivity index (χ0n) is 12.8. The summed E-state index contributed by atoms with van der Waals surface area (Å²) in [5.41, 5.74) is 2.58. The molecule has 1 N–H and O–H groups in total. The minimum Gasteiger partial charge on any atom is -0.440 e. The molecule has 0 saturated heterocycles. The first-order chi connectivity index (χ1) is 11.7. The second-order valence-corrected chi connectivity index (χ2v) is 6.46. The van der Waals surface area contributed by atoms with Crippen molar-refractivity contribution in [1.82, 2.24) is 0 Å². The second kappa shape index (κ2) is 5.96. The quantitative estimate of drug-likeness (QED) is 0.718. The molecule has 1 heterocycles. The maximum atomic E-state index is 9.49. The lowest BCUT2D eigenvalue weighted by Gasteiger charge is -2.28. The molecular weight excluding hydrogens is 368 g/mol. The number of aliphatic hydroxyl groups is 1. The van der Waals surface area contributed by atoms with Gasteiger partial charge in [-0.05, 0) is 17.7 Å². The Kier molecular flexibility index (Phi) is 3.79. The van der Waals surface area contributed by atoms with Crippen LogP contribution < -0.4 is 9.47 Å². The Bertz CT molecular complexity index is 823. The molecule has 4 heteroatoms. The molecule has 3 aromatic carbocycles. The summed E-state index contributed by atoms with van der Waals surface area (Å²) in [6.45, 7) is -0.0686. The molecule has 0 bridgehead atoms. The molecule has 0 radical (unpaired) electrons. The molecule has 0 spiro atoms. The van der Waals surface area contributed by atoms with Crippen molar-refractivity contribution in [2.75, 3.05) is 0 Å². The third-order valence-electron chi connectivity index (χ3n) is 4.10. The molecule has 0 aliphatic carbocycles. The van der Waals surface area contributed by atoms with Gasteiger partial charge in [-0.25, -0.2) is 0 Å². The fourth-order valence-electron chi connectivity index (χ4n) is 2.91. The third kappa shape index (κ3) is 2.39. The van der Waals surface area contributed by atoms with Gasteiger partial charge in [0.05, 0.1) is 6.61 Å². The van der Waals surface area contributed by atoms with Crippen LogP contribution in [-0.2, 0) is 12.4 Å². The summed E-state index contributed by atoms with van der Waals surface area (Å²) in [5, 5.41) is 9.49. The van der Waals surface area contributed by atoms with E-state index in [4.69, 9.17) is 9.47 Å². The highest BCUT2D eigenvalue weighted by Gasteiger charge is 2.45. The van der Waals surface area contributed by atoms with Crippen LogP contribution >= 0.6 is 15.9 Å². The van der Waals surface area contributed by atoms with Crippen molar-refractivity contribution < 1.29 is 14.6 Å². The van der Waals surface area contributed by atoms with Crippen LogP contribution in [0.5, 0.6) is 11.5 Å². The Morgan fingerprint density at radius 3 is 1.79 bits per heavy atom. The summed E-state index contributed by atoms with van der Waals surface area (Å²) in [7, 11) is 0. The first-order valence-corrected chi connectivity index (χ1v) is 8.44. The Morgan fingerprint density at radius 1 is 0.792 bits per heavy atom. The highest BCUT2D eigenvalue weighted by molar-refractivity contribution is 9.10. The molecule has 0 fully saturated rings. The number of ether oxygens (including phenoxy) is 2. The predicted molar refractivity (Wildman–Crippen MR) is 95.0 cm³/mol. The van der Waals surface area contributed by atoms with Crippen molar-refractivity contribution in [2.45, 2.75) is 12.4 Å². The fourth-order valence-corrected chi connectivity index (χ4v) is 3.35. The van der Waals surface area contributed by atoms with Gasteiger partial charge in [0.2, 0.25) is 0 Å². The van der Waals surface area contributed by atoms with Crippen LogP contribution in [0.2, 0.25) is 0 Å². The Hall–Kier alpha value is -2.30. The summed E-state index contributed by atoms with van der Waals surface area (Å²) in [4.78, 5) is 0. The molecule has 0 unspecified atom stereocenters. The summed E-state index contributed by atoms with van der Waals surface area (Å²) >= 11 is 3.46. The van der Waals surface area contributed by atoms with Crippen molar-refractivity contribution in [3.05, 3.63) is 94.0 Å². The van der Waals surface area contributed by atoms with Crippen LogP contribution in [0.3, 0.4) is 0 Å². The van der Waals surface area contributed by atoms with Gasteiger partial charge in [0.1, 0.15) is 0 Å². The van der Waals surface area contributed by atoms with Crippen LogP contribution in [-0.4, -0.2) is 5.11 Å². The first-order valence-electron chi connectivity index (χ1n) is 7.65. The van der Waals surface area contributed by atoms with Gasteiger partial charge in [-0.1, -0.05) is 76.6 Å². The maximum absolute atomic E-state index is 9.49. The number of benzene rings is 3. The lowest BCUT2D eigenvalue weighted by Crippen LogP contribution is -2.36. The number of hydrogen-bond donors (Lipinski definition) is 1. The SMILES string of the molecule is OCc1cc2c(cc1Br)OC(c1ccccc1)(c1ccccc1)O2. The third-order valence-corrected chi connectivity index (χ3v) is 4.84. The van der Waals surface area contributed by atoms with Gasteiger partial charge in [0.15, 0.2) is 11.5 Å². The molecule has 3 nitrogen and oxygen atoms in total. The van der Waals surface area contributed by atoms with E-state index >= 15 is 0 Å². The van der Waals surface area contributed by atoms with Crippen LogP contribution in [0.1, 0.15) is 16.7 Å². The van der Waals surface area contributed by atoms with Crippen molar-refractivity contribution in [3.8, 4) is 11.5 Å². The van der Waals surface area contributed by atoms with Gasteiger partial charge in [0.25, 0.3) is 0 Å². The highest BCUT2D eigenvalue weighted by atomic mass is 79.9.